The molecule has 3 rings (SSSR count). The zero-order valence-corrected chi connectivity index (χ0v) is 9.76. The number of carbonyl (C=O) groups excluding carboxylic acids is 1. The van der Waals surface area contributed by atoms with Gasteiger partial charge in [0.2, 0.25) is 12.3 Å². The number of nitrogens with one attached hydrogen (secondary N) is 1. The van der Waals surface area contributed by atoms with Gasteiger partial charge in [-0.2, -0.15) is 0 Å². The normalized spacial score (nSPS) is 10.6. The topological polar surface area (TPSA) is 55.1 Å². The van der Waals surface area contributed by atoms with E-state index in [0.29, 0.717) is 23.2 Å². The van der Waals surface area contributed by atoms with Crippen molar-refractivity contribution in [2.75, 3.05) is 5.32 Å². The first-order valence-corrected chi connectivity index (χ1v) is 5.63. The molecule has 0 bridgehead atoms. The van der Waals surface area contributed by atoms with Gasteiger partial charge < -0.3 is 9.73 Å². The van der Waals surface area contributed by atoms with Gasteiger partial charge in [-0.15, -0.1) is 0 Å². The van der Waals surface area contributed by atoms with Crippen LogP contribution in [0.2, 0.25) is 0 Å². The number of aromatic nitrogens is 1. The highest BCUT2D eigenvalue weighted by Crippen LogP contribution is 2.28. The number of benzene rings is 2. The molecule has 0 aliphatic carbocycles. The summed E-state index contributed by atoms with van der Waals surface area (Å²) in [4.78, 5) is 14.6. The van der Waals surface area contributed by atoms with E-state index in [1.165, 1.54) is 18.2 Å². The Morgan fingerprint density at radius 2 is 2.05 bits per heavy atom. The van der Waals surface area contributed by atoms with Gasteiger partial charge in [-0.25, -0.2) is 9.37 Å². The van der Waals surface area contributed by atoms with Crippen molar-refractivity contribution in [3.63, 3.8) is 0 Å². The van der Waals surface area contributed by atoms with Crippen molar-refractivity contribution >= 4 is 23.2 Å². The summed E-state index contributed by atoms with van der Waals surface area (Å²) < 4.78 is 19.3. The molecular weight excluding hydrogens is 247 g/mol. The minimum Gasteiger partial charge on any atom is -0.436 e. The van der Waals surface area contributed by atoms with Crippen molar-refractivity contribution in [2.45, 2.75) is 0 Å². The molecule has 1 aromatic heterocycles. The largest absolute Gasteiger partial charge is 0.436 e. The van der Waals surface area contributed by atoms with Crippen molar-refractivity contribution < 1.29 is 13.6 Å². The molecule has 94 valence electrons. The van der Waals surface area contributed by atoms with Gasteiger partial charge in [0.05, 0.1) is 5.56 Å². The first-order valence-electron chi connectivity index (χ1n) is 5.63. The van der Waals surface area contributed by atoms with Crippen LogP contribution < -0.4 is 5.32 Å². The van der Waals surface area contributed by atoms with Crippen molar-refractivity contribution in [3.05, 3.63) is 48.3 Å². The van der Waals surface area contributed by atoms with E-state index in [0.717, 1.165) is 0 Å². The van der Waals surface area contributed by atoms with Crippen LogP contribution in [0, 0.1) is 5.82 Å². The summed E-state index contributed by atoms with van der Waals surface area (Å²) in [5, 5.41) is 2.46. The van der Waals surface area contributed by atoms with Gasteiger partial charge in [0.1, 0.15) is 11.3 Å². The molecule has 4 nitrogen and oxygen atoms in total. The molecule has 0 saturated carbocycles. The van der Waals surface area contributed by atoms with Crippen LogP contribution in [0.25, 0.3) is 22.6 Å². The van der Waals surface area contributed by atoms with E-state index in [4.69, 9.17) is 4.42 Å². The summed E-state index contributed by atoms with van der Waals surface area (Å²) in [6, 6.07) is 11.4. The summed E-state index contributed by atoms with van der Waals surface area (Å²) >= 11 is 0. The molecule has 2 aromatic carbocycles. The molecule has 1 heterocycles. The lowest BCUT2D eigenvalue weighted by atomic mass is 10.2. The number of anilines is 1. The Hall–Kier alpha value is -2.69. The smallest absolute Gasteiger partial charge is 0.230 e. The number of para-hydroxylation sites is 2. The number of carbonyl (C=O) groups is 1. The first-order chi connectivity index (χ1) is 9.28. The molecular formula is C14H9FN2O2. The van der Waals surface area contributed by atoms with E-state index in [1.807, 2.05) is 12.1 Å². The average molecular weight is 256 g/mol. The van der Waals surface area contributed by atoms with E-state index in [2.05, 4.69) is 10.3 Å². The number of hydrogen-bond donors (Lipinski definition) is 1. The highest BCUT2D eigenvalue weighted by Gasteiger charge is 2.13. The molecule has 1 N–H and O–H groups in total. The second-order valence-electron chi connectivity index (χ2n) is 3.94. The zero-order valence-electron chi connectivity index (χ0n) is 9.76. The van der Waals surface area contributed by atoms with Gasteiger partial charge in [-0.1, -0.05) is 12.1 Å². The van der Waals surface area contributed by atoms with Crippen molar-refractivity contribution in [1.29, 1.82) is 0 Å². The van der Waals surface area contributed by atoms with E-state index in [-0.39, 0.29) is 11.5 Å². The minimum atomic E-state index is -0.456. The van der Waals surface area contributed by atoms with Gasteiger partial charge in [0.25, 0.3) is 0 Å². The maximum Gasteiger partial charge on any atom is 0.230 e. The highest BCUT2D eigenvalue weighted by molar-refractivity contribution is 5.78. The second kappa shape index (κ2) is 4.53. The number of amides is 1. The van der Waals surface area contributed by atoms with E-state index >= 15 is 0 Å². The van der Waals surface area contributed by atoms with E-state index in [1.54, 1.807) is 12.1 Å². The van der Waals surface area contributed by atoms with Crippen LogP contribution in [0.3, 0.4) is 0 Å². The summed E-state index contributed by atoms with van der Waals surface area (Å²) in [5.74, 6) is -0.267. The van der Waals surface area contributed by atoms with Crippen molar-refractivity contribution in [3.8, 4) is 11.5 Å². The molecule has 5 heteroatoms. The molecule has 0 fully saturated rings. The standard InChI is InChI=1S/C14H9FN2O2/c15-11-6-5-9(16-8-18)7-10(11)14-17-12-3-1-2-4-13(12)19-14/h1-8H,(H,16,18). The lowest BCUT2D eigenvalue weighted by molar-refractivity contribution is -0.105. The van der Waals surface area contributed by atoms with Crippen LogP contribution in [0.4, 0.5) is 10.1 Å². The van der Waals surface area contributed by atoms with Crippen molar-refractivity contribution in [1.82, 2.24) is 4.98 Å². The van der Waals surface area contributed by atoms with Crippen LogP contribution in [-0.2, 0) is 4.79 Å². The van der Waals surface area contributed by atoms with Gasteiger partial charge in [0, 0.05) is 5.69 Å². The zero-order chi connectivity index (χ0) is 13.2. The molecule has 1 amide bonds. The predicted octanol–water partition coefficient (Wildman–Crippen LogP) is 3.20. The molecule has 0 atom stereocenters. The van der Waals surface area contributed by atoms with Gasteiger partial charge in [-0.05, 0) is 30.3 Å². The third kappa shape index (κ3) is 2.06. The van der Waals surface area contributed by atoms with Crippen LogP contribution in [0.15, 0.2) is 46.9 Å². The quantitative estimate of drug-likeness (QED) is 0.732. The number of hydrogen-bond acceptors (Lipinski definition) is 3. The fourth-order valence-corrected chi connectivity index (χ4v) is 1.83. The third-order valence-corrected chi connectivity index (χ3v) is 2.72. The lowest BCUT2D eigenvalue weighted by Crippen LogP contribution is -1.95. The number of oxazole rings is 1. The summed E-state index contributed by atoms with van der Waals surface area (Å²) in [6.45, 7) is 0. The monoisotopic (exact) mass is 256 g/mol. The number of rotatable bonds is 3. The number of fused-ring (bicyclic) bond motifs is 1. The molecule has 0 unspecified atom stereocenters. The first kappa shape index (κ1) is 11.4. The molecule has 3 aromatic rings. The molecule has 0 spiro atoms. The highest BCUT2D eigenvalue weighted by atomic mass is 19.1. The number of nitrogens with zero attached hydrogens (tertiary/aromatic N) is 1. The van der Waals surface area contributed by atoms with Gasteiger partial charge >= 0.3 is 0 Å². The Morgan fingerprint density at radius 1 is 1.21 bits per heavy atom. The minimum absolute atomic E-state index is 0.188. The Balaban J connectivity index is 2.14. The average Bonchev–Trinajstić information content (AvgIpc) is 2.85. The van der Waals surface area contributed by atoms with Crippen LogP contribution in [0.5, 0.6) is 0 Å². The third-order valence-electron chi connectivity index (χ3n) is 2.72. The Labute approximate surface area is 107 Å². The summed E-state index contributed by atoms with van der Waals surface area (Å²) in [6.07, 6.45) is 0.531. The van der Waals surface area contributed by atoms with Crippen LogP contribution in [-0.4, -0.2) is 11.4 Å². The van der Waals surface area contributed by atoms with E-state index < -0.39 is 5.82 Å². The fourth-order valence-electron chi connectivity index (χ4n) is 1.83. The molecule has 0 aliphatic rings. The molecule has 0 saturated heterocycles. The second-order valence-corrected chi connectivity index (χ2v) is 3.94. The SMILES string of the molecule is O=CNc1ccc(F)c(-c2nc3ccccc3o2)c1. The Kier molecular flexibility index (Phi) is 2.72. The maximum atomic E-state index is 13.8. The van der Waals surface area contributed by atoms with Crippen molar-refractivity contribution in [2.24, 2.45) is 0 Å². The van der Waals surface area contributed by atoms with Crippen LogP contribution in [0.1, 0.15) is 0 Å². The van der Waals surface area contributed by atoms with Gasteiger partial charge in [-0.3, -0.25) is 4.79 Å². The summed E-state index contributed by atoms with van der Waals surface area (Å²) in [5.41, 5.74) is 1.94. The summed E-state index contributed by atoms with van der Waals surface area (Å²) in [7, 11) is 0. The number of halogens is 1. The van der Waals surface area contributed by atoms with E-state index in [9.17, 15) is 9.18 Å². The Morgan fingerprint density at radius 3 is 2.84 bits per heavy atom. The fraction of sp³-hybridized carbons (Fsp3) is 0. The molecule has 19 heavy (non-hydrogen) atoms. The predicted molar refractivity (Wildman–Crippen MR) is 69.1 cm³/mol. The Bertz CT molecular complexity index is 719. The maximum absolute atomic E-state index is 13.8. The molecule has 0 radical (unpaired) electrons. The molecule has 0 aliphatic heterocycles. The lowest BCUT2D eigenvalue weighted by Gasteiger charge is -2.02. The van der Waals surface area contributed by atoms with Gasteiger partial charge in [0.15, 0.2) is 5.58 Å². The van der Waals surface area contributed by atoms with Crippen LogP contribution >= 0.6 is 0 Å².